The number of halogens is 3. The van der Waals surface area contributed by atoms with Crippen LogP contribution in [0.3, 0.4) is 0 Å². The van der Waals surface area contributed by atoms with E-state index in [1.54, 1.807) is 0 Å². The average Bonchev–Trinajstić information content (AvgIpc) is 2.94. The predicted molar refractivity (Wildman–Crippen MR) is 108 cm³/mol. The summed E-state index contributed by atoms with van der Waals surface area (Å²) < 4.78 is 71.7. The van der Waals surface area contributed by atoms with Gasteiger partial charge in [-0.15, -0.1) is 0 Å². The first-order valence-corrected chi connectivity index (χ1v) is 11.1. The third-order valence-electron chi connectivity index (χ3n) is 6.24. The molecule has 0 N–H and O–H groups in total. The van der Waals surface area contributed by atoms with E-state index in [1.807, 2.05) is 37.3 Å². The van der Waals surface area contributed by atoms with Gasteiger partial charge in [0.15, 0.2) is 0 Å². The van der Waals surface area contributed by atoms with Crippen LogP contribution in [0.1, 0.15) is 51.2 Å². The molecule has 1 atom stereocenters. The number of rotatable bonds is 6. The summed E-state index contributed by atoms with van der Waals surface area (Å²) in [5, 5.41) is 0. The quantitative estimate of drug-likeness (QED) is 0.409. The van der Waals surface area contributed by atoms with Gasteiger partial charge in [-0.3, -0.25) is 0 Å². The highest BCUT2D eigenvalue weighted by Crippen LogP contribution is 2.56. The predicted octanol–water partition coefficient (Wildman–Crippen LogP) is 5.96. The highest BCUT2D eigenvalue weighted by molar-refractivity contribution is 7.88. The van der Waals surface area contributed by atoms with Gasteiger partial charge in [0.2, 0.25) is 0 Å². The molecule has 3 rings (SSSR count). The normalized spacial score (nSPS) is 21.4. The molecule has 0 bridgehead atoms. The zero-order valence-corrected chi connectivity index (χ0v) is 17.9. The SMILES string of the molecule is CC1(C)CCC[C@]1(C)c1cc(OS(=O)(=O)C(F)(F)F)ccc1OCc1ccccc1. The lowest BCUT2D eigenvalue weighted by atomic mass is 9.65. The van der Waals surface area contributed by atoms with Crippen LogP contribution >= 0.6 is 0 Å². The molecule has 0 spiro atoms. The van der Waals surface area contributed by atoms with Crippen molar-refractivity contribution in [1.82, 2.24) is 0 Å². The first kappa shape index (κ1) is 22.5. The van der Waals surface area contributed by atoms with Crippen LogP contribution in [0.4, 0.5) is 13.2 Å². The second kappa shape index (κ2) is 7.80. The Labute approximate surface area is 175 Å². The lowest BCUT2D eigenvalue weighted by Gasteiger charge is -2.40. The molecule has 0 unspecified atom stereocenters. The van der Waals surface area contributed by atoms with E-state index < -0.39 is 21.0 Å². The summed E-state index contributed by atoms with van der Waals surface area (Å²) in [6, 6.07) is 13.5. The van der Waals surface area contributed by atoms with Crippen molar-refractivity contribution in [1.29, 1.82) is 0 Å². The Morgan fingerprint density at radius 2 is 1.67 bits per heavy atom. The largest absolute Gasteiger partial charge is 0.534 e. The lowest BCUT2D eigenvalue weighted by Crippen LogP contribution is -2.34. The first-order valence-electron chi connectivity index (χ1n) is 9.68. The minimum absolute atomic E-state index is 0.153. The smallest absolute Gasteiger partial charge is 0.489 e. The zero-order valence-electron chi connectivity index (χ0n) is 17.1. The van der Waals surface area contributed by atoms with Crippen LogP contribution in [0, 0.1) is 5.41 Å². The fourth-order valence-corrected chi connectivity index (χ4v) is 4.48. The van der Waals surface area contributed by atoms with E-state index >= 15 is 0 Å². The van der Waals surface area contributed by atoms with Crippen LogP contribution in [0.5, 0.6) is 11.5 Å². The maximum atomic E-state index is 12.8. The Balaban J connectivity index is 2.00. The molecule has 0 radical (unpaired) electrons. The Morgan fingerprint density at radius 3 is 2.23 bits per heavy atom. The Hall–Kier alpha value is -2.22. The van der Waals surface area contributed by atoms with Crippen molar-refractivity contribution in [3.8, 4) is 11.5 Å². The molecule has 0 heterocycles. The van der Waals surface area contributed by atoms with Crippen molar-refractivity contribution in [3.63, 3.8) is 0 Å². The van der Waals surface area contributed by atoms with Crippen molar-refractivity contribution in [2.75, 3.05) is 0 Å². The van der Waals surface area contributed by atoms with Gasteiger partial charge in [0.1, 0.15) is 18.1 Å². The molecule has 2 aromatic carbocycles. The summed E-state index contributed by atoms with van der Waals surface area (Å²) in [7, 11) is -5.75. The topological polar surface area (TPSA) is 52.6 Å². The number of hydrogen-bond donors (Lipinski definition) is 0. The molecule has 8 heteroatoms. The van der Waals surface area contributed by atoms with Gasteiger partial charge in [0, 0.05) is 11.0 Å². The molecular weight excluding hydrogens is 417 g/mol. The Morgan fingerprint density at radius 1 is 1.00 bits per heavy atom. The molecule has 1 aliphatic rings. The van der Waals surface area contributed by atoms with Crippen LogP contribution in [-0.2, 0) is 22.1 Å². The van der Waals surface area contributed by atoms with E-state index in [4.69, 9.17) is 4.74 Å². The highest BCUT2D eigenvalue weighted by Gasteiger charge is 2.50. The second-order valence-electron chi connectivity index (χ2n) is 8.48. The van der Waals surface area contributed by atoms with Crippen molar-refractivity contribution < 1.29 is 30.5 Å². The molecule has 2 aromatic rings. The fraction of sp³-hybridized carbons (Fsp3) is 0.455. The second-order valence-corrected chi connectivity index (χ2v) is 10.0. The summed E-state index contributed by atoms with van der Waals surface area (Å²) in [5.41, 5.74) is -4.47. The van der Waals surface area contributed by atoms with Crippen LogP contribution < -0.4 is 8.92 Å². The van der Waals surface area contributed by atoms with Gasteiger partial charge < -0.3 is 8.92 Å². The molecule has 0 saturated heterocycles. The summed E-state index contributed by atoms with van der Waals surface area (Å²) in [6.45, 7) is 6.51. The van der Waals surface area contributed by atoms with E-state index in [9.17, 15) is 21.6 Å². The van der Waals surface area contributed by atoms with Gasteiger partial charge in [-0.2, -0.15) is 21.6 Å². The zero-order chi connectivity index (χ0) is 22.2. The molecule has 1 fully saturated rings. The van der Waals surface area contributed by atoms with E-state index in [-0.39, 0.29) is 17.8 Å². The van der Waals surface area contributed by atoms with Gasteiger partial charge in [-0.05, 0) is 42.0 Å². The van der Waals surface area contributed by atoms with Crippen molar-refractivity contribution >= 4 is 10.1 Å². The monoisotopic (exact) mass is 442 g/mol. The van der Waals surface area contributed by atoms with Crippen molar-refractivity contribution in [3.05, 3.63) is 59.7 Å². The lowest BCUT2D eigenvalue weighted by molar-refractivity contribution is -0.0500. The summed E-state index contributed by atoms with van der Waals surface area (Å²) in [5.74, 6) is 0.131. The van der Waals surface area contributed by atoms with E-state index in [0.717, 1.165) is 24.8 Å². The number of ether oxygens (including phenoxy) is 1. The van der Waals surface area contributed by atoms with Gasteiger partial charge in [0.25, 0.3) is 0 Å². The maximum Gasteiger partial charge on any atom is 0.534 e. The van der Waals surface area contributed by atoms with Crippen molar-refractivity contribution in [2.24, 2.45) is 5.41 Å². The van der Waals surface area contributed by atoms with E-state index in [2.05, 4.69) is 18.0 Å². The molecular formula is C22H25F3O4S. The van der Waals surface area contributed by atoms with E-state index in [1.165, 1.54) is 18.2 Å². The standard InChI is InChI=1S/C22H25F3O4S/c1-20(2)12-7-13-21(20,3)18-14-17(29-30(26,27)22(23,24)25)10-11-19(18)28-15-16-8-5-4-6-9-16/h4-6,8-11,14H,7,12-13,15H2,1-3H3/t21-/m1/s1. The first-order chi connectivity index (χ1) is 13.9. The van der Waals surface area contributed by atoms with E-state index in [0.29, 0.717) is 11.3 Å². The summed E-state index contributed by atoms with van der Waals surface area (Å²) in [6.07, 6.45) is 2.69. The molecule has 1 aliphatic carbocycles. The minimum atomic E-state index is -5.75. The Kier molecular flexibility index (Phi) is 5.84. The van der Waals surface area contributed by atoms with Crippen LogP contribution in [0.15, 0.2) is 48.5 Å². The maximum absolute atomic E-state index is 12.8. The van der Waals surface area contributed by atoms with Gasteiger partial charge in [-0.1, -0.05) is 57.5 Å². The fourth-order valence-electron chi connectivity index (χ4n) is 4.02. The molecule has 0 aromatic heterocycles. The third kappa shape index (κ3) is 4.29. The number of hydrogen-bond acceptors (Lipinski definition) is 4. The van der Waals surface area contributed by atoms with Crippen LogP contribution in [-0.4, -0.2) is 13.9 Å². The summed E-state index contributed by atoms with van der Waals surface area (Å²) in [4.78, 5) is 0. The number of alkyl halides is 3. The molecule has 0 aliphatic heterocycles. The molecule has 164 valence electrons. The highest BCUT2D eigenvalue weighted by atomic mass is 32.2. The minimum Gasteiger partial charge on any atom is -0.489 e. The van der Waals surface area contributed by atoms with Gasteiger partial charge in [0.05, 0.1) is 0 Å². The Bertz CT molecular complexity index is 1000. The summed E-state index contributed by atoms with van der Waals surface area (Å²) >= 11 is 0. The molecule has 1 saturated carbocycles. The molecule has 30 heavy (non-hydrogen) atoms. The van der Waals surface area contributed by atoms with Crippen LogP contribution in [0.25, 0.3) is 0 Å². The van der Waals surface area contributed by atoms with Crippen LogP contribution in [0.2, 0.25) is 0 Å². The molecule has 0 amide bonds. The van der Waals surface area contributed by atoms with Gasteiger partial charge >= 0.3 is 15.6 Å². The van der Waals surface area contributed by atoms with Gasteiger partial charge in [-0.25, -0.2) is 0 Å². The number of benzene rings is 2. The third-order valence-corrected chi connectivity index (χ3v) is 7.22. The van der Waals surface area contributed by atoms with Crippen molar-refractivity contribution in [2.45, 2.75) is 57.6 Å². The molecule has 4 nitrogen and oxygen atoms in total. The average molecular weight is 442 g/mol.